The molecule has 1 aliphatic heterocycles. The minimum Gasteiger partial charge on any atom is -0.338 e. The molecule has 120 valence electrons. The highest BCUT2D eigenvalue weighted by atomic mass is 16.2. The Hall–Kier alpha value is -2.11. The molecule has 6 nitrogen and oxygen atoms in total. The Morgan fingerprint density at radius 2 is 2.27 bits per heavy atom. The van der Waals surface area contributed by atoms with Crippen molar-refractivity contribution in [3.63, 3.8) is 0 Å². The number of nitrogens with zero attached hydrogens (tertiary/aromatic N) is 2. The molecule has 1 fully saturated rings. The first-order valence-corrected chi connectivity index (χ1v) is 7.81. The number of carbonyl (C=O) groups excluding carboxylic acids is 2. The molecule has 0 spiro atoms. The largest absolute Gasteiger partial charge is 0.338 e. The van der Waals surface area contributed by atoms with E-state index >= 15 is 0 Å². The molecular formula is C16H24N4O2. The van der Waals surface area contributed by atoms with E-state index < -0.39 is 6.04 Å². The molecule has 0 radical (unpaired) electrons. The van der Waals surface area contributed by atoms with Crippen LogP contribution in [0.25, 0.3) is 0 Å². The van der Waals surface area contributed by atoms with Crippen molar-refractivity contribution in [2.45, 2.75) is 51.7 Å². The Morgan fingerprint density at radius 1 is 1.45 bits per heavy atom. The molecule has 2 N–H and O–H groups in total. The molecule has 1 aromatic heterocycles. The second-order valence-corrected chi connectivity index (χ2v) is 5.79. The summed E-state index contributed by atoms with van der Waals surface area (Å²) in [7, 11) is 0. The third kappa shape index (κ3) is 4.44. The minimum atomic E-state index is -0.519. The van der Waals surface area contributed by atoms with E-state index in [0.29, 0.717) is 6.54 Å². The van der Waals surface area contributed by atoms with Crippen molar-refractivity contribution in [3.8, 4) is 0 Å². The van der Waals surface area contributed by atoms with Gasteiger partial charge in [0, 0.05) is 31.5 Å². The maximum Gasteiger partial charge on any atom is 0.315 e. The fraction of sp³-hybridized carbons (Fsp3) is 0.562. The van der Waals surface area contributed by atoms with Crippen molar-refractivity contribution in [3.05, 3.63) is 30.1 Å². The molecule has 2 rings (SSSR count). The molecule has 2 atom stereocenters. The summed E-state index contributed by atoms with van der Waals surface area (Å²) < 4.78 is 0. The molecule has 0 unspecified atom stereocenters. The van der Waals surface area contributed by atoms with Crippen LogP contribution in [-0.2, 0) is 11.3 Å². The van der Waals surface area contributed by atoms with Gasteiger partial charge in [0.1, 0.15) is 6.04 Å². The molecule has 0 aliphatic carbocycles. The summed E-state index contributed by atoms with van der Waals surface area (Å²) >= 11 is 0. The zero-order chi connectivity index (χ0) is 15.9. The van der Waals surface area contributed by atoms with Crippen LogP contribution < -0.4 is 10.6 Å². The van der Waals surface area contributed by atoms with E-state index in [9.17, 15) is 9.59 Å². The smallest absolute Gasteiger partial charge is 0.315 e. The van der Waals surface area contributed by atoms with Gasteiger partial charge >= 0.3 is 6.03 Å². The van der Waals surface area contributed by atoms with Crippen LogP contribution in [0.1, 0.15) is 38.7 Å². The van der Waals surface area contributed by atoms with Gasteiger partial charge in [-0.3, -0.25) is 9.78 Å². The molecule has 1 saturated heterocycles. The molecule has 2 heterocycles. The number of likely N-dealkylation sites (tertiary alicyclic amines) is 1. The molecule has 3 amide bonds. The van der Waals surface area contributed by atoms with Gasteiger partial charge in [0.2, 0.25) is 5.91 Å². The Labute approximate surface area is 131 Å². The van der Waals surface area contributed by atoms with Gasteiger partial charge in [0.15, 0.2) is 0 Å². The molecule has 0 aromatic carbocycles. The molecule has 1 aromatic rings. The summed E-state index contributed by atoms with van der Waals surface area (Å²) in [6.45, 7) is 4.96. The third-order valence-electron chi connectivity index (χ3n) is 3.98. The van der Waals surface area contributed by atoms with Gasteiger partial charge in [-0.15, -0.1) is 0 Å². The third-order valence-corrected chi connectivity index (χ3v) is 3.98. The van der Waals surface area contributed by atoms with Crippen LogP contribution in [0.5, 0.6) is 0 Å². The number of hydrogen-bond acceptors (Lipinski definition) is 3. The fourth-order valence-electron chi connectivity index (χ4n) is 2.67. The van der Waals surface area contributed by atoms with E-state index in [4.69, 9.17) is 0 Å². The highest BCUT2D eigenvalue weighted by Crippen LogP contribution is 2.17. The number of aromatic nitrogens is 1. The minimum absolute atomic E-state index is 0.0104. The fourth-order valence-corrected chi connectivity index (χ4v) is 2.67. The van der Waals surface area contributed by atoms with Gasteiger partial charge < -0.3 is 15.5 Å². The zero-order valence-corrected chi connectivity index (χ0v) is 13.2. The van der Waals surface area contributed by atoms with Gasteiger partial charge in [0.25, 0.3) is 0 Å². The highest BCUT2D eigenvalue weighted by molar-refractivity contribution is 5.86. The number of hydrogen-bond donors (Lipinski definition) is 2. The van der Waals surface area contributed by atoms with Gasteiger partial charge in [-0.2, -0.15) is 0 Å². The number of amides is 3. The Balaban J connectivity index is 1.79. The standard InChI is InChI=1S/C16H24N4O2/c1-12-6-3-4-9-20(12)15(21)13(2)19-16(22)18-11-14-7-5-8-17-10-14/h5,7-8,10,12-13H,3-4,6,9,11H2,1-2H3,(H2,18,19,22)/t12-,13+/m1/s1. The summed E-state index contributed by atoms with van der Waals surface area (Å²) in [6, 6.07) is 3.10. The highest BCUT2D eigenvalue weighted by Gasteiger charge is 2.27. The first kappa shape index (κ1) is 16.3. The maximum atomic E-state index is 12.4. The summed E-state index contributed by atoms with van der Waals surface area (Å²) in [4.78, 5) is 30.1. The molecule has 22 heavy (non-hydrogen) atoms. The van der Waals surface area contributed by atoms with Crippen LogP contribution >= 0.6 is 0 Å². The Morgan fingerprint density at radius 3 is 2.95 bits per heavy atom. The monoisotopic (exact) mass is 304 g/mol. The molecule has 0 saturated carbocycles. The van der Waals surface area contributed by atoms with Gasteiger partial charge in [0.05, 0.1) is 0 Å². The van der Waals surface area contributed by atoms with Gasteiger partial charge in [-0.1, -0.05) is 6.07 Å². The van der Waals surface area contributed by atoms with Crippen LogP contribution in [0.15, 0.2) is 24.5 Å². The topological polar surface area (TPSA) is 74.3 Å². The van der Waals surface area contributed by atoms with Gasteiger partial charge in [-0.05, 0) is 44.7 Å². The average molecular weight is 304 g/mol. The van der Waals surface area contributed by atoms with Crippen molar-refractivity contribution < 1.29 is 9.59 Å². The lowest BCUT2D eigenvalue weighted by Gasteiger charge is -2.35. The number of nitrogens with one attached hydrogen (secondary N) is 2. The van der Waals surface area contributed by atoms with Gasteiger partial charge in [-0.25, -0.2) is 4.79 Å². The lowest BCUT2D eigenvalue weighted by molar-refractivity contribution is -0.136. The molecule has 0 bridgehead atoms. The lowest BCUT2D eigenvalue weighted by Crippen LogP contribution is -2.53. The summed E-state index contributed by atoms with van der Waals surface area (Å²) in [5.41, 5.74) is 0.918. The van der Waals surface area contributed by atoms with E-state index in [2.05, 4.69) is 22.5 Å². The number of pyridine rings is 1. The Kier molecular flexibility index (Phi) is 5.75. The van der Waals surface area contributed by atoms with E-state index in [0.717, 1.165) is 24.9 Å². The van der Waals surface area contributed by atoms with Crippen LogP contribution in [0.4, 0.5) is 4.79 Å². The normalized spacial score (nSPS) is 19.4. The van der Waals surface area contributed by atoms with E-state index in [1.54, 1.807) is 19.3 Å². The zero-order valence-electron chi connectivity index (χ0n) is 13.2. The van der Waals surface area contributed by atoms with Crippen LogP contribution in [0, 0.1) is 0 Å². The average Bonchev–Trinajstić information content (AvgIpc) is 2.53. The van der Waals surface area contributed by atoms with Crippen LogP contribution in [0.2, 0.25) is 0 Å². The summed E-state index contributed by atoms with van der Waals surface area (Å²) in [5, 5.41) is 5.44. The van der Waals surface area contributed by atoms with Crippen molar-refractivity contribution in [1.82, 2.24) is 20.5 Å². The SMILES string of the molecule is C[C@H](NC(=O)NCc1cccnc1)C(=O)N1CCCC[C@H]1C. The molecule has 1 aliphatic rings. The van der Waals surface area contributed by atoms with Crippen LogP contribution in [0.3, 0.4) is 0 Å². The maximum absolute atomic E-state index is 12.4. The van der Waals surface area contributed by atoms with Crippen molar-refractivity contribution in [2.24, 2.45) is 0 Å². The van der Waals surface area contributed by atoms with E-state index in [-0.39, 0.29) is 18.0 Å². The van der Waals surface area contributed by atoms with Crippen LogP contribution in [-0.4, -0.2) is 40.5 Å². The number of piperidine rings is 1. The van der Waals surface area contributed by atoms with E-state index in [1.807, 2.05) is 17.0 Å². The predicted molar refractivity (Wildman–Crippen MR) is 84.1 cm³/mol. The Bertz CT molecular complexity index is 506. The van der Waals surface area contributed by atoms with Crippen molar-refractivity contribution in [1.29, 1.82) is 0 Å². The van der Waals surface area contributed by atoms with Crippen molar-refractivity contribution in [2.75, 3.05) is 6.54 Å². The quantitative estimate of drug-likeness (QED) is 0.888. The van der Waals surface area contributed by atoms with E-state index in [1.165, 1.54) is 6.42 Å². The van der Waals surface area contributed by atoms with Crippen molar-refractivity contribution >= 4 is 11.9 Å². The summed E-state index contributed by atoms with van der Waals surface area (Å²) in [6.07, 6.45) is 6.62. The predicted octanol–water partition coefficient (Wildman–Crippen LogP) is 1.67. The number of carbonyl (C=O) groups is 2. The molecular weight excluding hydrogens is 280 g/mol. The second-order valence-electron chi connectivity index (χ2n) is 5.79. The number of rotatable bonds is 4. The lowest BCUT2D eigenvalue weighted by atomic mass is 10.0. The summed E-state index contributed by atoms with van der Waals surface area (Å²) in [5.74, 6) is -0.0104. The first-order chi connectivity index (χ1) is 10.6. The second kappa shape index (κ2) is 7.77. The number of urea groups is 1. The molecule has 6 heteroatoms. The first-order valence-electron chi connectivity index (χ1n) is 7.81.